The minimum atomic E-state index is -0.503. The molecular weight excluding hydrogens is 84.0 g/mol. The van der Waals surface area contributed by atoms with Gasteiger partial charge in [-0.15, -0.1) is 0 Å². The van der Waals surface area contributed by atoms with Crippen LogP contribution < -0.4 is 0 Å². The third-order valence-electron chi connectivity index (χ3n) is 0.311. The van der Waals surface area contributed by atoms with Crippen molar-refractivity contribution >= 4 is 0 Å². The number of hydrogen-bond acceptors (Lipinski definition) is 3. The normalized spacial score (nSPS) is 11.8. The molecule has 0 aliphatic carbocycles. The maximum Gasteiger partial charge on any atom is 0.152 e. The summed E-state index contributed by atoms with van der Waals surface area (Å²) >= 11 is 0. The van der Waals surface area contributed by atoms with Crippen LogP contribution in [0.4, 0.5) is 0 Å². The summed E-state index contributed by atoms with van der Waals surface area (Å²) in [5, 5.41) is 23.6. The lowest BCUT2D eigenvalue weighted by Gasteiger charge is -1.83. The first-order valence-corrected chi connectivity index (χ1v) is 1.44. The third kappa shape index (κ3) is 1.60. The van der Waals surface area contributed by atoms with E-state index in [1.807, 2.05) is 0 Å². The average molecular weight is 90.1 g/mol. The van der Waals surface area contributed by atoms with Gasteiger partial charge < -0.3 is 15.3 Å². The molecule has 0 spiro atoms. The van der Waals surface area contributed by atoms with E-state index < -0.39 is 12.4 Å². The SMILES string of the molecule is OC=C(O)CO. The fourth-order valence-corrected chi connectivity index (χ4v) is 0.0408. The quantitative estimate of drug-likeness (QED) is 0.395. The van der Waals surface area contributed by atoms with Crippen molar-refractivity contribution in [3.63, 3.8) is 0 Å². The molecule has 3 heteroatoms. The first-order chi connectivity index (χ1) is 2.81. The van der Waals surface area contributed by atoms with Crippen molar-refractivity contribution in [2.45, 2.75) is 0 Å². The smallest absolute Gasteiger partial charge is 0.152 e. The Morgan fingerprint density at radius 3 is 2.17 bits per heavy atom. The van der Waals surface area contributed by atoms with Crippen LogP contribution in [0.3, 0.4) is 0 Å². The van der Waals surface area contributed by atoms with Gasteiger partial charge in [-0.2, -0.15) is 0 Å². The molecule has 0 aromatic heterocycles. The summed E-state index contributed by atoms with van der Waals surface area (Å²) in [6.45, 7) is -0.503. The maximum absolute atomic E-state index is 8.03. The van der Waals surface area contributed by atoms with E-state index in [2.05, 4.69) is 0 Å². The van der Waals surface area contributed by atoms with Gasteiger partial charge in [-0.3, -0.25) is 0 Å². The minimum Gasteiger partial charge on any atom is -0.512 e. The summed E-state index contributed by atoms with van der Waals surface area (Å²) in [6.07, 6.45) is 0.444. The van der Waals surface area contributed by atoms with Gasteiger partial charge in [-0.05, 0) is 0 Å². The van der Waals surface area contributed by atoms with Gasteiger partial charge in [-0.25, -0.2) is 0 Å². The fraction of sp³-hybridized carbons (Fsp3) is 0.333. The molecule has 0 aromatic rings. The number of hydrogen-bond donors (Lipinski definition) is 3. The molecular formula is C3H6O3. The molecule has 0 unspecified atom stereocenters. The number of rotatable bonds is 1. The van der Waals surface area contributed by atoms with Gasteiger partial charge in [0.05, 0.1) is 0 Å². The van der Waals surface area contributed by atoms with Crippen LogP contribution >= 0.6 is 0 Å². The predicted octanol–water partition coefficient (Wildman–Crippen LogP) is -0.0639. The van der Waals surface area contributed by atoms with Gasteiger partial charge in [0.1, 0.15) is 12.9 Å². The highest BCUT2D eigenvalue weighted by Gasteiger charge is 1.80. The van der Waals surface area contributed by atoms with Crippen molar-refractivity contribution in [2.75, 3.05) is 6.61 Å². The van der Waals surface area contributed by atoms with Crippen molar-refractivity contribution in [2.24, 2.45) is 0 Å². The van der Waals surface area contributed by atoms with E-state index in [0.29, 0.717) is 6.26 Å². The van der Waals surface area contributed by atoms with Crippen LogP contribution in [-0.2, 0) is 0 Å². The van der Waals surface area contributed by atoms with Crippen LogP contribution in [0.15, 0.2) is 12.0 Å². The Kier molecular flexibility index (Phi) is 2.24. The Hall–Kier alpha value is -0.700. The van der Waals surface area contributed by atoms with E-state index >= 15 is 0 Å². The summed E-state index contributed by atoms with van der Waals surface area (Å²) in [4.78, 5) is 0. The van der Waals surface area contributed by atoms with Gasteiger partial charge in [0.25, 0.3) is 0 Å². The Bertz CT molecular complexity index is 57.1. The van der Waals surface area contributed by atoms with Crippen molar-refractivity contribution < 1.29 is 15.3 Å². The molecule has 0 aromatic carbocycles. The van der Waals surface area contributed by atoms with E-state index in [1.54, 1.807) is 0 Å². The summed E-state index contributed by atoms with van der Waals surface area (Å²) < 4.78 is 0. The molecule has 0 radical (unpaired) electrons. The second-order valence-electron chi connectivity index (χ2n) is 0.779. The Labute approximate surface area is 35.2 Å². The second kappa shape index (κ2) is 2.53. The number of aliphatic hydroxyl groups excluding tert-OH is 3. The highest BCUT2D eigenvalue weighted by atomic mass is 16.3. The molecule has 0 aliphatic rings. The summed E-state index contributed by atoms with van der Waals surface area (Å²) in [7, 11) is 0. The molecule has 3 nitrogen and oxygen atoms in total. The lowest BCUT2D eigenvalue weighted by molar-refractivity contribution is 0.239. The summed E-state index contributed by atoms with van der Waals surface area (Å²) in [5.74, 6) is -0.421. The van der Waals surface area contributed by atoms with Crippen LogP contribution in [-0.4, -0.2) is 21.9 Å². The molecule has 0 rings (SSSR count). The van der Waals surface area contributed by atoms with Crippen LogP contribution in [0, 0.1) is 0 Å². The Balaban J connectivity index is 3.22. The monoisotopic (exact) mass is 90.0 g/mol. The van der Waals surface area contributed by atoms with Gasteiger partial charge in [0.15, 0.2) is 5.76 Å². The van der Waals surface area contributed by atoms with Crippen LogP contribution in [0.5, 0.6) is 0 Å². The molecule has 0 bridgehead atoms. The van der Waals surface area contributed by atoms with Crippen molar-refractivity contribution in [1.29, 1.82) is 0 Å². The van der Waals surface area contributed by atoms with Crippen molar-refractivity contribution in [3.05, 3.63) is 12.0 Å². The zero-order chi connectivity index (χ0) is 4.99. The largest absolute Gasteiger partial charge is 0.512 e. The molecule has 0 saturated heterocycles. The summed E-state index contributed by atoms with van der Waals surface area (Å²) in [6, 6.07) is 0. The topological polar surface area (TPSA) is 60.7 Å². The lowest BCUT2D eigenvalue weighted by atomic mass is 10.6. The van der Waals surface area contributed by atoms with E-state index in [9.17, 15) is 0 Å². The van der Waals surface area contributed by atoms with Crippen molar-refractivity contribution in [3.8, 4) is 0 Å². The predicted molar refractivity (Wildman–Crippen MR) is 20.4 cm³/mol. The zero-order valence-corrected chi connectivity index (χ0v) is 3.13. The molecule has 0 saturated carbocycles. The standard InChI is InChI=1S/C3H6O3/c4-1-3(6)2-5/h1,4-6H,2H2. The molecule has 0 aliphatic heterocycles. The number of aliphatic hydroxyl groups is 3. The summed E-state index contributed by atoms with van der Waals surface area (Å²) in [5.41, 5.74) is 0. The highest BCUT2D eigenvalue weighted by molar-refractivity contribution is 4.80. The van der Waals surface area contributed by atoms with Gasteiger partial charge in [0, 0.05) is 0 Å². The van der Waals surface area contributed by atoms with Crippen LogP contribution in [0.1, 0.15) is 0 Å². The molecule has 0 atom stereocenters. The van der Waals surface area contributed by atoms with E-state index in [1.165, 1.54) is 0 Å². The first-order valence-electron chi connectivity index (χ1n) is 1.44. The lowest BCUT2D eigenvalue weighted by Crippen LogP contribution is -1.85. The van der Waals surface area contributed by atoms with Gasteiger partial charge in [-0.1, -0.05) is 0 Å². The Morgan fingerprint density at radius 1 is 1.67 bits per heavy atom. The van der Waals surface area contributed by atoms with Crippen LogP contribution in [0.2, 0.25) is 0 Å². The van der Waals surface area contributed by atoms with Crippen LogP contribution in [0.25, 0.3) is 0 Å². The fourth-order valence-electron chi connectivity index (χ4n) is 0.0408. The molecule has 0 amide bonds. The van der Waals surface area contributed by atoms with E-state index in [4.69, 9.17) is 15.3 Å². The zero-order valence-electron chi connectivity index (χ0n) is 3.13. The van der Waals surface area contributed by atoms with Crippen molar-refractivity contribution in [1.82, 2.24) is 0 Å². The molecule has 6 heavy (non-hydrogen) atoms. The molecule has 3 N–H and O–H groups in total. The van der Waals surface area contributed by atoms with E-state index in [0.717, 1.165) is 0 Å². The third-order valence-corrected chi connectivity index (χ3v) is 0.311. The second-order valence-corrected chi connectivity index (χ2v) is 0.779. The molecule has 0 fully saturated rings. The van der Waals surface area contributed by atoms with Gasteiger partial charge in [0.2, 0.25) is 0 Å². The average Bonchev–Trinajstić information content (AvgIpc) is 1.65. The Morgan fingerprint density at radius 2 is 2.17 bits per heavy atom. The minimum absolute atomic E-state index is 0.421. The highest BCUT2D eigenvalue weighted by Crippen LogP contribution is 1.77. The first kappa shape index (κ1) is 5.30. The molecule has 36 valence electrons. The van der Waals surface area contributed by atoms with Gasteiger partial charge >= 0.3 is 0 Å². The van der Waals surface area contributed by atoms with E-state index in [-0.39, 0.29) is 0 Å². The maximum atomic E-state index is 8.03. The molecule has 0 heterocycles.